The summed E-state index contributed by atoms with van der Waals surface area (Å²) in [7, 11) is 0. The smallest absolute Gasteiger partial charge is 0.164 e. The van der Waals surface area contributed by atoms with E-state index in [1.807, 2.05) is 66.7 Å². The fourth-order valence-electron chi connectivity index (χ4n) is 7.08. The summed E-state index contributed by atoms with van der Waals surface area (Å²) < 4.78 is 2.28. The molecular weight excluding hydrogens is 647 g/mol. The highest BCUT2D eigenvalue weighted by Gasteiger charge is 2.18. The van der Waals surface area contributed by atoms with Crippen LogP contribution in [0.5, 0.6) is 0 Å². The Balaban J connectivity index is 1.10. The number of benzene rings is 7. The molecule has 5 nitrogen and oxygen atoms in total. The van der Waals surface area contributed by atoms with Crippen molar-refractivity contribution in [3.8, 4) is 73.2 Å². The predicted octanol–water partition coefficient (Wildman–Crippen LogP) is 11.8. The number of rotatable bonds is 8. The standard InChI is InChI=1S/C48H35N5/c1-2-45-49-43-26-13-14-27-44(43)53(45)38-21-15-20-37(32-38)33-28-30-34(31-29-33)39-22-9-10-23-40(39)41-24-11-12-25-42(41)48-51-46(35-16-5-3-6-17-35)50-47(52-48)36-18-7-4-8-19-36/h3-32H,2H2,1H3. The van der Waals surface area contributed by atoms with Crippen molar-refractivity contribution >= 4 is 11.0 Å². The van der Waals surface area contributed by atoms with Gasteiger partial charge in [0.05, 0.1) is 11.0 Å². The second kappa shape index (κ2) is 14.0. The van der Waals surface area contributed by atoms with Crippen LogP contribution < -0.4 is 0 Å². The maximum Gasteiger partial charge on any atom is 0.164 e. The summed E-state index contributed by atoms with van der Waals surface area (Å²) in [6, 6.07) is 63.1. The number of hydrogen-bond acceptors (Lipinski definition) is 4. The molecule has 2 heterocycles. The van der Waals surface area contributed by atoms with E-state index in [1.165, 1.54) is 0 Å². The molecule has 252 valence electrons. The molecule has 5 heteroatoms. The number of nitrogens with zero attached hydrogens (tertiary/aromatic N) is 5. The summed E-state index contributed by atoms with van der Waals surface area (Å²) in [6.45, 7) is 2.16. The van der Waals surface area contributed by atoms with Crippen molar-refractivity contribution in [2.24, 2.45) is 0 Å². The quantitative estimate of drug-likeness (QED) is 0.160. The van der Waals surface area contributed by atoms with E-state index in [1.54, 1.807) is 0 Å². The number of hydrogen-bond donors (Lipinski definition) is 0. The minimum Gasteiger partial charge on any atom is -0.296 e. The molecule has 0 aliphatic rings. The highest BCUT2D eigenvalue weighted by Crippen LogP contribution is 2.39. The highest BCUT2D eigenvalue weighted by atomic mass is 15.1. The lowest BCUT2D eigenvalue weighted by Crippen LogP contribution is -2.01. The zero-order valence-corrected chi connectivity index (χ0v) is 29.3. The fraction of sp³-hybridized carbons (Fsp3) is 0.0417. The molecule has 9 aromatic rings. The van der Waals surface area contributed by atoms with Crippen molar-refractivity contribution in [1.29, 1.82) is 0 Å². The first-order valence-electron chi connectivity index (χ1n) is 18.0. The van der Waals surface area contributed by atoms with E-state index < -0.39 is 0 Å². The third kappa shape index (κ3) is 6.19. The van der Waals surface area contributed by atoms with E-state index in [-0.39, 0.29) is 0 Å². The van der Waals surface area contributed by atoms with Gasteiger partial charge in [-0.15, -0.1) is 0 Å². The van der Waals surface area contributed by atoms with Crippen LogP contribution in [0.25, 0.3) is 84.3 Å². The molecule has 0 fully saturated rings. The Kier molecular flexibility index (Phi) is 8.43. The number of para-hydroxylation sites is 2. The monoisotopic (exact) mass is 681 g/mol. The molecule has 9 rings (SSSR count). The molecule has 0 aliphatic carbocycles. The number of imidazole rings is 1. The van der Waals surface area contributed by atoms with Crippen LogP contribution in [0.1, 0.15) is 12.7 Å². The lowest BCUT2D eigenvalue weighted by molar-refractivity contribution is 0.908. The van der Waals surface area contributed by atoms with Crippen molar-refractivity contribution in [2.45, 2.75) is 13.3 Å². The van der Waals surface area contributed by atoms with Crippen LogP contribution in [0.2, 0.25) is 0 Å². The summed E-state index contributed by atoms with van der Waals surface area (Å²) in [6.07, 6.45) is 0.853. The Morgan fingerprint density at radius 3 is 1.55 bits per heavy atom. The van der Waals surface area contributed by atoms with Crippen LogP contribution in [-0.4, -0.2) is 24.5 Å². The minimum absolute atomic E-state index is 0.634. The van der Waals surface area contributed by atoms with Gasteiger partial charge in [0.2, 0.25) is 0 Å². The van der Waals surface area contributed by atoms with Gasteiger partial charge in [0.25, 0.3) is 0 Å². The summed E-state index contributed by atoms with van der Waals surface area (Å²) in [5.74, 6) is 2.98. The van der Waals surface area contributed by atoms with Gasteiger partial charge in [-0.2, -0.15) is 0 Å². The first-order chi connectivity index (χ1) is 26.2. The average molecular weight is 682 g/mol. The van der Waals surface area contributed by atoms with Gasteiger partial charge in [0, 0.05) is 28.8 Å². The van der Waals surface area contributed by atoms with Crippen LogP contribution in [0.15, 0.2) is 182 Å². The molecule has 0 radical (unpaired) electrons. The van der Waals surface area contributed by atoms with Gasteiger partial charge in [-0.25, -0.2) is 19.9 Å². The van der Waals surface area contributed by atoms with Crippen molar-refractivity contribution in [3.63, 3.8) is 0 Å². The van der Waals surface area contributed by atoms with Crippen LogP contribution in [0, 0.1) is 0 Å². The van der Waals surface area contributed by atoms with Crippen molar-refractivity contribution in [3.05, 3.63) is 188 Å². The SMILES string of the molecule is CCc1nc2ccccc2n1-c1cccc(-c2ccc(-c3ccccc3-c3ccccc3-c3nc(-c4ccccc4)nc(-c4ccccc4)n3)cc2)c1. The molecule has 0 N–H and O–H groups in total. The van der Waals surface area contributed by atoms with E-state index in [9.17, 15) is 0 Å². The predicted molar refractivity (Wildman–Crippen MR) is 216 cm³/mol. The molecule has 0 spiro atoms. The highest BCUT2D eigenvalue weighted by molar-refractivity contribution is 5.91. The zero-order chi connectivity index (χ0) is 35.6. The van der Waals surface area contributed by atoms with Gasteiger partial charge in [-0.1, -0.05) is 165 Å². The normalized spacial score (nSPS) is 11.2. The Morgan fingerprint density at radius 1 is 0.377 bits per heavy atom. The number of fused-ring (bicyclic) bond motifs is 1. The molecule has 2 aromatic heterocycles. The molecule has 0 saturated carbocycles. The minimum atomic E-state index is 0.634. The van der Waals surface area contributed by atoms with Gasteiger partial charge in [-0.3, -0.25) is 4.57 Å². The Morgan fingerprint density at radius 2 is 0.887 bits per heavy atom. The maximum absolute atomic E-state index is 5.06. The van der Waals surface area contributed by atoms with Gasteiger partial charge >= 0.3 is 0 Å². The van der Waals surface area contributed by atoms with E-state index in [0.717, 1.165) is 79.0 Å². The van der Waals surface area contributed by atoms with Gasteiger partial charge in [0.1, 0.15) is 5.82 Å². The molecule has 7 aromatic carbocycles. The van der Waals surface area contributed by atoms with Crippen LogP contribution in [0.3, 0.4) is 0 Å². The number of aromatic nitrogens is 5. The van der Waals surface area contributed by atoms with E-state index >= 15 is 0 Å². The first-order valence-corrected chi connectivity index (χ1v) is 18.0. The summed E-state index contributed by atoms with van der Waals surface area (Å²) >= 11 is 0. The number of aryl methyl sites for hydroxylation is 1. The van der Waals surface area contributed by atoms with Gasteiger partial charge in [-0.05, 0) is 57.6 Å². The fourth-order valence-corrected chi connectivity index (χ4v) is 7.08. The molecule has 0 aliphatic heterocycles. The second-order valence-electron chi connectivity index (χ2n) is 13.0. The summed E-state index contributed by atoms with van der Waals surface area (Å²) in [5, 5.41) is 0. The van der Waals surface area contributed by atoms with Crippen molar-refractivity contribution in [1.82, 2.24) is 24.5 Å². The zero-order valence-electron chi connectivity index (χ0n) is 29.3. The van der Waals surface area contributed by atoms with Crippen LogP contribution in [0.4, 0.5) is 0 Å². The molecule has 0 bridgehead atoms. The maximum atomic E-state index is 5.06. The summed E-state index contributed by atoms with van der Waals surface area (Å²) in [4.78, 5) is 19.9. The lowest BCUT2D eigenvalue weighted by atomic mass is 9.91. The van der Waals surface area contributed by atoms with Crippen molar-refractivity contribution in [2.75, 3.05) is 0 Å². The van der Waals surface area contributed by atoms with E-state index in [4.69, 9.17) is 19.9 Å². The molecule has 0 unspecified atom stereocenters. The first kappa shape index (κ1) is 32.0. The lowest BCUT2D eigenvalue weighted by Gasteiger charge is -2.15. The largest absolute Gasteiger partial charge is 0.296 e. The van der Waals surface area contributed by atoms with E-state index in [2.05, 4.69) is 127 Å². The molecule has 0 saturated heterocycles. The molecule has 0 amide bonds. The van der Waals surface area contributed by atoms with Gasteiger partial charge < -0.3 is 0 Å². The average Bonchev–Trinajstić information content (AvgIpc) is 3.63. The Hall–Kier alpha value is -6.98. The molecule has 0 atom stereocenters. The van der Waals surface area contributed by atoms with E-state index in [0.29, 0.717) is 17.5 Å². The van der Waals surface area contributed by atoms with Gasteiger partial charge in [0.15, 0.2) is 17.5 Å². The van der Waals surface area contributed by atoms with Crippen LogP contribution in [-0.2, 0) is 6.42 Å². The molecular formula is C48H35N5. The Labute approximate surface area is 309 Å². The Bertz CT molecular complexity index is 2640. The van der Waals surface area contributed by atoms with Crippen molar-refractivity contribution < 1.29 is 0 Å². The third-order valence-electron chi connectivity index (χ3n) is 9.66. The third-order valence-corrected chi connectivity index (χ3v) is 9.66. The molecule has 53 heavy (non-hydrogen) atoms. The summed E-state index contributed by atoms with van der Waals surface area (Å²) in [5.41, 5.74) is 12.8. The van der Waals surface area contributed by atoms with Crippen LogP contribution >= 0.6 is 0 Å². The topological polar surface area (TPSA) is 56.5 Å². The second-order valence-corrected chi connectivity index (χ2v) is 13.0.